The van der Waals surface area contributed by atoms with Gasteiger partial charge >= 0.3 is 5.69 Å². The van der Waals surface area contributed by atoms with E-state index in [0.717, 1.165) is 4.57 Å². The number of aryl methyl sites for hydroxylation is 1. The molecule has 0 unspecified atom stereocenters. The predicted molar refractivity (Wildman–Crippen MR) is 71.1 cm³/mol. The Morgan fingerprint density at radius 2 is 2.00 bits per heavy atom. The van der Waals surface area contributed by atoms with Gasteiger partial charge in [-0.25, -0.2) is 9.78 Å². The minimum Gasteiger partial charge on any atom is -0.325 e. The Labute approximate surface area is 108 Å². The molecule has 0 bridgehead atoms. The van der Waals surface area contributed by atoms with E-state index in [4.69, 9.17) is 0 Å². The van der Waals surface area contributed by atoms with E-state index in [1.807, 2.05) is 0 Å². The lowest BCUT2D eigenvalue weighted by atomic mass is 10.2. The Kier molecular flexibility index (Phi) is 3.20. The molecule has 0 aliphatic carbocycles. The fourth-order valence-electron chi connectivity index (χ4n) is 1.83. The van der Waals surface area contributed by atoms with Crippen LogP contribution in [0.15, 0.2) is 21.9 Å². The van der Waals surface area contributed by atoms with Crippen LogP contribution in [0.4, 0.5) is 5.69 Å². The van der Waals surface area contributed by atoms with Crippen molar-refractivity contribution in [2.24, 2.45) is 14.1 Å². The molecule has 0 fully saturated rings. The van der Waals surface area contributed by atoms with Crippen LogP contribution < -0.4 is 16.6 Å². The SMILES string of the molecule is CCC(=O)Nc1ccnc2c1c(=O)n(C)c(=O)n2C. The molecule has 0 spiro atoms. The Bertz CT molecular complexity index is 773. The number of fused-ring (bicyclic) bond motifs is 1. The van der Waals surface area contributed by atoms with Crippen LogP contribution in [0, 0.1) is 0 Å². The highest BCUT2D eigenvalue weighted by Crippen LogP contribution is 2.16. The summed E-state index contributed by atoms with van der Waals surface area (Å²) in [5.74, 6) is -0.205. The second kappa shape index (κ2) is 4.68. The van der Waals surface area contributed by atoms with Crippen LogP contribution >= 0.6 is 0 Å². The van der Waals surface area contributed by atoms with Crippen LogP contribution in [-0.2, 0) is 18.9 Å². The van der Waals surface area contributed by atoms with Crippen LogP contribution in [-0.4, -0.2) is 20.0 Å². The minimum atomic E-state index is -0.474. The third-order valence-electron chi connectivity index (χ3n) is 2.94. The van der Waals surface area contributed by atoms with Crippen molar-refractivity contribution in [3.05, 3.63) is 33.1 Å². The zero-order valence-corrected chi connectivity index (χ0v) is 10.9. The Balaban J connectivity index is 2.86. The minimum absolute atomic E-state index is 0.205. The summed E-state index contributed by atoms with van der Waals surface area (Å²) in [7, 11) is 2.92. The Hall–Kier alpha value is -2.44. The number of nitrogens with one attached hydrogen (secondary N) is 1. The van der Waals surface area contributed by atoms with Crippen LogP contribution in [0.2, 0.25) is 0 Å². The molecule has 0 saturated carbocycles. The van der Waals surface area contributed by atoms with Gasteiger partial charge in [0.2, 0.25) is 5.91 Å². The molecule has 2 aromatic heterocycles. The van der Waals surface area contributed by atoms with Gasteiger partial charge in [-0.3, -0.25) is 18.7 Å². The number of anilines is 1. The van der Waals surface area contributed by atoms with Gasteiger partial charge < -0.3 is 5.32 Å². The number of pyridine rings is 1. The van der Waals surface area contributed by atoms with Crippen molar-refractivity contribution in [1.82, 2.24) is 14.1 Å². The molecule has 2 aromatic rings. The third-order valence-corrected chi connectivity index (χ3v) is 2.94. The number of hydrogen-bond acceptors (Lipinski definition) is 4. The molecule has 0 atom stereocenters. The highest BCUT2D eigenvalue weighted by Gasteiger charge is 2.14. The first-order chi connectivity index (χ1) is 8.97. The van der Waals surface area contributed by atoms with Crippen molar-refractivity contribution in [1.29, 1.82) is 0 Å². The number of aromatic nitrogens is 3. The highest BCUT2D eigenvalue weighted by atomic mass is 16.2. The molecule has 0 saturated heterocycles. The fraction of sp³-hybridized carbons (Fsp3) is 0.333. The average Bonchev–Trinajstić information content (AvgIpc) is 2.42. The molecule has 7 nitrogen and oxygen atoms in total. The van der Waals surface area contributed by atoms with Gasteiger partial charge in [0, 0.05) is 26.7 Å². The first kappa shape index (κ1) is 13.0. The van der Waals surface area contributed by atoms with E-state index in [-0.39, 0.29) is 16.9 Å². The fourth-order valence-corrected chi connectivity index (χ4v) is 1.83. The van der Waals surface area contributed by atoms with Crippen molar-refractivity contribution in [2.45, 2.75) is 13.3 Å². The standard InChI is InChI=1S/C12H14N4O3/c1-4-8(17)14-7-5-6-13-10-9(7)11(18)16(3)12(19)15(10)2/h5-6H,4H2,1-3H3,(H,13,14,17). The number of hydrogen-bond donors (Lipinski definition) is 1. The topological polar surface area (TPSA) is 86.0 Å². The number of amides is 1. The number of nitrogens with zero attached hydrogens (tertiary/aromatic N) is 3. The second-order valence-electron chi connectivity index (χ2n) is 4.16. The summed E-state index contributed by atoms with van der Waals surface area (Å²) >= 11 is 0. The van der Waals surface area contributed by atoms with Gasteiger partial charge in [-0.05, 0) is 6.07 Å². The van der Waals surface area contributed by atoms with Gasteiger partial charge in [-0.15, -0.1) is 0 Å². The molecular weight excluding hydrogens is 248 g/mol. The predicted octanol–water partition coefficient (Wildman–Crippen LogP) is -0.0193. The summed E-state index contributed by atoms with van der Waals surface area (Å²) in [6, 6.07) is 1.54. The monoisotopic (exact) mass is 262 g/mol. The normalized spacial score (nSPS) is 10.7. The van der Waals surface area contributed by atoms with Crippen molar-refractivity contribution < 1.29 is 4.79 Å². The van der Waals surface area contributed by atoms with Gasteiger partial charge in [0.15, 0.2) is 5.65 Å². The molecule has 7 heteroatoms. The largest absolute Gasteiger partial charge is 0.332 e. The van der Waals surface area contributed by atoms with Crippen molar-refractivity contribution in [3.8, 4) is 0 Å². The highest BCUT2D eigenvalue weighted by molar-refractivity contribution is 5.99. The maximum absolute atomic E-state index is 12.2. The van der Waals surface area contributed by atoms with E-state index in [1.165, 1.54) is 24.9 Å². The van der Waals surface area contributed by atoms with Crippen molar-refractivity contribution in [3.63, 3.8) is 0 Å². The summed E-state index contributed by atoms with van der Waals surface area (Å²) in [5.41, 5.74) is -0.309. The summed E-state index contributed by atoms with van der Waals surface area (Å²) in [6.07, 6.45) is 1.75. The molecule has 19 heavy (non-hydrogen) atoms. The summed E-state index contributed by atoms with van der Waals surface area (Å²) in [4.78, 5) is 39.4. The third kappa shape index (κ3) is 2.03. The molecule has 0 aliphatic rings. The summed E-state index contributed by atoms with van der Waals surface area (Å²) in [6.45, 7) is 1.71. The van der Waals surface area contributed by atoms with Gasteiger partial charge in [0.1, 0.15) is 5.39 Å². The molecule has 2 rings (SSSR count). The number of rotatable bonds is 2. The molecule has 1 amide bonds. The average molecular weight is 262 g/mol. The number of carbonyl (C=O) groups is 1. The maximum atomic E-state index is 12.2. The van der Waals surface area contributed by atoms with Gasteiger partial charge in [0.05, 0.1) is 5.69 Å². The van der Waals surface area contributed by atoms with Crippen molar-refractivity contribution >= 4 is 22.6 Å². The van der Waals surface area contributed by atoms with E-state index in [1.54, 1.807) is 13.0 Å². The van der Waals surface area contributed by atoms with Gasteiger partial charge in [-0.1, -0.05) is 6.92 Å². The summed E-state index contributed by atoms with van der Waals surface area (Å²) < 4.78 is 2.27. The Morgan fingerprint density at radius 1 is 1.32 bits per heavy atom. The summed E-state index contributed by atoms with van der Waals surface area (Å²) in [5, 5.41) is 2.87. The van der Waals surface area contributed by atoms with Gasteiger partial charge in [0.25, 0.3) is 5.56 Å². The number of carbonyl (C=O) groups excluding carboxylic acids is 1. The molecule has 2 heterocycles. The molecule has 0 radical (unpaired) electrons. The molecule has 0 aliphatic heterocycles. The van der Waals surface area contributed by atoms with Crippen LogP contribution in [0.5, 0.6) is 0 Å². The lowest BCUT2D eigenvalue weighted by Crippen LogP contribution is -2.37. The molecule has 100 valence electrons. The zero-order valence-electron chi connectivity index (χ0n) is 10.9. The van der Waals surface area contributed by atoms with Crippen LogP contribution in [0.25, 0.3) is 11.0 Å². The molecule has 0 aromatic carbocycles. The van der Waals surface area contributed by atoms with E-state index in [2.05, 4.69) is 10.3 Å². The van der Waals surface area contributed by atoms with E-state index < -0.39 is 11.2 Å². The smallest absolute Gasteiger partial charge is 0.325 e. The van der Waals surface area contributed by atoms with Gasteiger partial charge in [-0.2, -0.15) is 0 Å². The second-order valence-corrected chi connectivity index (χ2v) is 4.16. The van der Waals surface area contributed by atoms with Crippen LogP contribution in [0.3, 0.4) is 0 Å². The van der Waals surface area contributed by atoms with Crippen molar-refractivity contribution in [2.75, 3.05) is 5.32 Å². The molecular formula is C12H14N4O3. The lowest BCUT2D eigenvalue weighted by molar-refractivity contribution is -0.115. The lowest BCUT2D eigenvalue weighted by Gasteiger charge is -2.10. The quantitative estimate of drug-likeness (QED) is 0.824. The van der Waals surface area contributed by atoms with E-state index >= 15 is 0 Å². The first-order valence-electron chi connectivity index (χ1n) is 5.82. The van der Waals surface area contributed by atoms with E-state index in [9.17, 15) is 14.4 Å². The molecule has 1 N–H and O–H groups in total. The Morgan fingerprint density at radius 3 is 2.63 bits per heavy atom. The van der Waals surface area contributed by atoms with Crippen LogP contribution in [0.1, 0.15) is 13.3 Å². The maximum Gasteiger partial charge on any atom is 0.332 e. The van der Waals surface area contributed by atoms with E-state index in [0.29, 0.717) is 12.1 Å². The first-order valence-corrected chi connectivity index (χ1v) is 5.82. The zero-order chi connectivity index (χ0) is 14.2.